The minimum atomic E-state index is -0.276. The summed E-state index contributed by atoms with van der Waals surface area (Å²) < 4.78 is 0. The van der Waals surface area contributed by atoms with Crippen molar-refractivity contribution in [2.75, 3.05) is 0 Å². The van der Waals surface area contributed by atoms with Crippen LogP contribution in [0.2, 0.25) is 5.02 Å². The fraction of sp³-hybridized carbons (Fsp3) is 0.158. The monoisotopic (exact) mass is 340 g/mol. The van der Waals surface area contributed by atoms with Gasteiger partial charge in [0, 0.05) is 28.8 Å². The third-order valence-electron chi connectivity index (χ3n) is 3.96. The molecule has 0 saturated heterocycles. The van der Waals surface area contributed by atoms with Gasteiger partial charge in [-0.25, -0.2) is 0 Å². The minimum absolute atomic E-state index is 0.0540. The summed E-state index contributed by atoms with van der Waals surface area (Å²) in [6.07, 6.45) is 2.72. The highest BCUT2D eigenvalue weighted by Crippen LogP contribution is 2.29. The van der Waals surface area contributed by atoms with Crippen LogP contribution >= 0.6 is 11.6 Å². The van der Waals surface area contributed by atoms with Crippen molar-refractivity contribution in [3.63, 3.8) is 0 Å². The van der Waals surface area contributed by atoms with E-state index in [-0.39, 0.29) is 17.6 Å². The van der Waals surface area contributed by atoms with Gasteiger partial charge < -0.3 is 5.43 Å². The second-order valence-electron chi connectivity index (χ2n) is 5.74. The van der Waals surface area contributed by atoms with E-state index >= 15 is 0 Å². The molecule has 122 valence electrons. The number of allylic oxidation sites excluding steroid dienone is 2. The first-order valence-electron chi connectivity index (χ1n) is 7.72. The SMILES string of the molecule is O=C1C=C(NNC(=O)c2ccc(Cl)cc2)C[C@H](c2ccccc2)C1. The molecule has 0 spiro atoms. The molecule has 2 aromatic carbocycles. The maximum atomic E-state index is 12.1. The molecule has 0 unspecified atom stereocenters. The zero-order valence-electron chi connectivity index (χ0n) is 13.0. The van der Waals surface area contributed by atoms with Gasteiger partial charge in [0.25, 0.3) is 5.91 Å². The number of nitrogens with one attached hydrogen (secondary N) is 2. The fourth-order valence-electron chi connectivity index (χ4n) is 2.75. The van der Waals surface area contributed by atoms with E-state index in [1.54, 1.807) is 30.3 Å². The smallest absolute Gasteiger partial charge is 0.269 e. The molecule has 1 amide bonds. The number of halogens is 1. The number of amides is 1. The third kappa shape index (κ3) is 4.03. The van der Waals surface area contributed by atoms with E-state index in [1.165, 1.54) is 0 Å². The molecule has 0 fully saturated rings. The highest BCUT2D eigenvalue weighted by atomic mass is 35.5. The Morgan fingerprint density at radius 3 is 2.42 bits per heavy atom. The Bertz CT molecular complexity index is 770. The van der Waals surface area contributed by atoms with Gasteiger partial charge in [-0.05, 0) is 42.2 Å². The van der Waals surface area contributed by atoms with E-state index in [4.69, 9.17) is 11.6 Å². The predicted octanol–water partition coefficient (Wildman–Crippen LogP) is 3.61. The highest BCUT2D eigenvalue weighted by Gasteiger charge is 2.22. The molecule has 0 saturated carbocycles. The van der Waals surface area contributed by atoms with Gasteiger partial charge in [0.2, 0.25) is 0 Å². The van der Waals surface area contributed by atoms with E-state index in [2.05, 4.69) is 10.9 Å². The minimum Gasteiger partial charge on any atom is -0.302 e. The molecule has 0 aromatic heterocycles. The fourth-order valence-corrected chi connectivity index (χ4v) is 2.88. The topological polar surface area (TPSA) is 58.2 Å². The van der Waals surface area contributed by atoms with Gasteiger partial charge in [0.05, 0.1) is 0 Å². The zero-order chi connectivity index (χ0) is 16.9. The maximum Gasteiger partial charge on any atom is 0.269 e. The van der Waals surface area contributed by atoms with E-state index in [0.717, 1.165) is 5.56 Å². The van der Waals surface area contributed by atoms with Crippen LogP contribution in [0.5, 0.6) is 0 Å². The largest absolute Gasteiger partial charge is 0.302 e. The lowest BCUT2D eigenvalue weighted by atomic mass is 9.86. The molecule has 2 aromatic rings. The van der Waals surface area contributed by atoms with Crippen LogP contribution in [-0.2, 0) is 4.79 Å². The van der Waals surface area contributed by atoms with E-state index in [9.17, 15) is 9.59 Å². The summed E-state index contributed by atoms with van der Waals surface area (Å²) in [5.74, 6) is -0.0983. The van der Waals surface area contributed by atoms with E-state index < -0.39 is 0 Å². The normalized spacial score (nSPS) is 17.1. The van der Waals surface area contributed by atoms with E-state index in [1.807, 2.05) is 30.3 Å². The molecule has 5 heteroatoms. The van der Waals surface area contributed by atoms with Crippen LogP contribution in [0, 0.1) is 0 Å². The van der Waals surface area contributed by atoms with Crippen LogP contribution < -0.4 is 10.9 Å². The zero-order valence-corrected chi connectivity index (χ0v) is 13.7. The van der Waals surface area contributed by atoms with Crippen molar-refractivity contribution in [1.29, 1.82) is 0 Å². The van der Waals surface area contributed by atoms with Crippen LogP contribution in [0.4, 0.5) is 0 Å². The lowest BCUT2D eigenvalue weighted by Gasteiger charge is -2.23. The highest BCUT2D eigenvalue weighted by molar-refractivity contribution is 6.30. The summed E-state index contributed by atoms with van der Waals surface area (Å²) in [5, 5.41) is 0.575. The van der Waals surface area contributed by atoms with Gasteiger partial charge in [-0.15, -0.1) is 0 Å². The number of rotatable bonds is 4. The molecule has 24 heavy (non-hydrogen) atoms. The van der Waals surface area contributed by atoms with Crippen molar-refractivity contribution in [3.8, 4) is 0 Å². The van der Waals surface area contributed by atoms with Crippen molar-refractivity contribution in [2.45, 2.75) is 18.8 Å². The van der Waals surface area contributed by atoms with Gasteiger partial charge in [0.15, 0.2) is 5.78 Å². The average molecular weight is 341 g/mol. The molecule has 3 rings (SSSR count). The first-order valence-corrected chi connectivity index (χ1v) is 8.10. The number of carbonyl (C=O) groups is 2. The summed E-state index contributed by atoms with van der Waals surface area (Å²) in [4.78, 5) is 24.1. The lowest BCUT2D eigenvalue weighted by Crippen LogP contribution is -2.38. The Balaban J connectivity index is 1.63. The van der Waals surface area contributed by atoms with Gasteiger partial charge >= 0.3 is 0 Å². The van der Waals surface area contributed by atoms with Gasteiger partial charge in [0.1, 0.15) is 0 Å². The molecule has 1 atom stereocenters. The summed E-state index contributed by atoms with van der Waals surface area (Å²) in [7, 11) is 0. The number of benzene rings is 2. The molecule has 0 radical (unpaired) electrons. The summed E-state index contributed by atoms with van der Waals surface area (Å²) in [6, 6.07) is 16.5. The Hall–Kier alpha value is -2.59. The second-order valence-corrected chi connectivity index (χ2v) is 6.17. The molecule has 4 nitrogen and oxygen atoms in total. The van der Waals surface area contributed by atoms with Crippen LogP contribution in [0.25, 0.3) is 0 Å². The average Bonchev–Trinajstić information content (AvgIpc) is 2.60. The Labute approximate surface area is 145 Å². The molecule has 0 bridgehead atoms. The Kier molecular flexibility index (Phi) is 4.96. The van der Waals surface area contributed by atoms with Crippen LogP contribution in [0.3, 0.4) is 0 Å². The first-order chi connectivity index (χ1) is 11.6. The van der Waals surface area contributed by atoms with Crippen LogP contribution in [0.1, 0.15) is 34.7 Å². The van der Waals surface area contributed by atoms with Crippen LogP contribution in [0.15, 0.2) is 66.4 Å². The Morgan fingerprint density at radius 1 is 1.00 bits per heavy atom. The summed E-state index contributed by atoms with van der Waals surface area (Å²) >= 11 is 5.81. The summed E-state index contributed by atoms with van der Waals surface area (Å²) in [5.41, 5.74) is 7.83. The van der Waals surface area contributed by atoms with Crippen molar-refractivity contribution < 1.29 is 9.59 Å². The van der Waals surface area contributed by atoms with Crippen molar-refractivity contribution >= 4 is 23.3 Å². The number of hydrogen-bond acceptors (Lipinski definition) is 3. The Morgan fingerprint density at radius 2 is 1.71 bits per heavy atom. The third-order valence-corrected chi connectivity index (χ3v) is 4.22. The molecule has 2 N–H and O–H groups in total. The molecule has 0 aliphatic heterocycles. The number of carbonyl (C=O) groups excluding carboxylic acids is 2. The van der Waals surface area contributed by atoms with Gasteiger partial charge in [-0.1, -0.05) is 41.9 Å². The molecule has 1 aliphatic carbocycles. The number of hydrogen-bond donors (Lipinski definition) is 2. The van der Waals surface area contributed by atoms with E-state index in [0.29, 0.717) is 29.1 Å². The predicted molar refractivity (Wildman–Crippen MR) is 93.6 cm³/mol. The van der Waals surface area contributed by atoms with Gasteiger partial charge in [-0.3, -0.25) is 15.0 Å². The molecular formula is C19H17ClN2O2. The lowest BCUT2D eigenvalue weighted by molar-refractivity contribution is -0.115. The maximum absolute atomic E-state index is 12.1. The van der Waals surface area contributed by atoms with Crippen LogP contribution in [-0.4, -0.2) is 11.7 Å². The first kappa shape index (κ1) is 16.3. The van der Waals surface area contributed by atoms with Gasteiger partial charge in [-0.2, -0.15) is 0 Å². The molecule has 1 aliphatic rings. The summed E-state index contributed by atoms with van der Waals surface area (Å²) in [6.45, 7) is 0. The number of ketones is 1. The standard InChI is InChI=1S/C19H17ClN2O2/c20-16-8-6-14(7-9-16)19(24)22-21-17-10-15(11-18(23)12-17)13-4-2-1-3-5-13/h1-9,12,15,21H,10-11H2,(H,22,24)/t15-/m0/s1. The van der Waals surface area contributed by atoms with Crippen molar-refractivity contribution in [3.05, 3.63) is 82.5 Å². The van der Waals surface area contributed by atoms with Crippen molar-refractivity contribution in [1.82, 2.24) is 10.9 Å². The number of hydrazine groups is 1. The second kappa shape index (κ2) is 7.32. The quantitative estimate of drug-likeness (QED) is 0.836. The molecule has 0 heterocycles. The molecular weight excluding hydrogens is 324 g/mol. The van der Waals surface area contributed by atoms with Crippen molar-refractivity contribution in [2.24, 2.45) is 0 Å².